The second kappa shape index (κ2) is 7.67. The molecule has 0 atom stereocenters. The van der Waals surface area contributed by atoms with Gasteiger partial charge in [0.05, 0.1) is 29.4 Å². The smallest absolute Gasteiger partial charge is 0.172 e. The number of nitriles is 1. The number of aromatic nitrogens is 3. The molecule has 4 aromatic rings. The summed E-state index contributed by atoms with van der Waals surface area (Å²) in [4.78, 5) is 9.59. The molecule has 5 nitrogen and oxygen atoms in total. The van der Waals surface area contributed by atoms with Crippen molar-refractivity contribution in [3.05, 3.63) is 56.3 Å². The predicted molar refractivity (Wildman–Crippen MR) is 119 cm³/mol. The van der Waals surface area contributed by atoms with E-state index in [1.165, 1.54) is 11.8 Å². The topological polar surface area (TPSA) is 66.5 Å². The number of aryl methyl sites for hydroxylation is 1. The Morgan fingerprint density at radius 2 is 2.19 bits per heavy atom. The molecule has 0 spiro atoms. The van der Waals surface area contributed by atoms with Crippen LogP contribution in [0.2, 0.25) is 5.02 Å². The fourth-order valence-corrected chi connectivity index (χ4v) is 5.42. The minimum atomic E-state index is 0.503. The van der Waals surface area contributed by atoms with Crippen molar-refractivity contribution < 1.29 is 0 Å². The second-order valence-electron chi connectivity index (χ2n) is 5.62. The van der Waals surface area contributed by atoms with Crippen molar-refractivity contribution >= 4 is 78.9 Å². The van der Waals surface area contributed by atoms with Crippen molar-refractivity contribution in [2.45, 2.75) is 10.1 Å². The van der Waals surface area contributed by atoms with E-state index in [2.05, 4.69) is 43.9 Å². The zero-order chi connectivity index (χ0) is 19.0. The van der Waals surface area contributed by atoms with Gasteiger partial charge in [-0.25, -0.2) is 4.98 Å². The highest BCUT2D eigenvalue weighted by Crippen LogP contribution is 2.38. The van der Waals surface area contributed by atoms with E-state index in [1.54, 1.807) is 23.7 Å². The highest BCUT2D eigenvalue weighted by atomic mass is 127. The number of benzene rings is 1. The highest BCUT2D eigenvalue weighted by Gasteiger charge is 2.13. The van der Waals surface area contributed by atoms with Gasteiger partial charge in [0.25, 0.3) is 0 Å². The van der Waals surface area contributed by atoms with Crippen LogP contribution in [0, 0.1) is 14.2 Å². The first-order valence-corrected chi connectivity index (χ1v) is 10.8. The summed E-state index contributed by atoms with van der Waals surface area (Å²) in [5.41, 5.74) is 2.95. The number of anilines is 2. The Hall–Kier alpha value is -1.80. The summed E-state index contributed by atoms with van der Waals surface area (Å²) in [6.07, 6.45) is 5.25. The first-order chi connectivity index (χ1) is 13.0. The van der Waals surface area contributed by atoms with Gasteiger partial charge in [-0.05, 0) is 46.9 Å². The lowest BCUT2D eigenvalue weighted by atomic mass is 10.2. The molecule has 27 heavy (non-hydrogen) atoms. The van der Waals surface area contributed by atoms with E-state index in [9.17, 15) is 5.26 Å². The summed E-state index contributed by atoms with van der Waals surface area (Å²) < 4.78 is 4.02. The van der Waals surface area contributed by atoms with Gasteiger partial charge in [0.15, 0.2) is 5.16 Å². The normalized spacial score (nSPS) is 10.9. The number of thiophene rings is 1. The first kappa shape index (κ1) is 18.6. The summed E-state index contributed by atoms with van der Waals surface area (Å²) in [5, 5.41) is 14.3. The SMILES string of the molecule is Cn1ccnc1Sc1ccc(Nc2c(C#N)cnc3cc(I)sc23)cc1Cl. The number of rotatable bonds is 4. The predicted octanol–water partition coefficient (Wildman–Crippen LogP) is 6.05. The molecule has 134 valence electrons. The molecule has 0 aliphatic rings. The Balaban J connectivity index is 1.68. The minimum absolute atomic E-state index is 0.503. The van der Waals surface area contributed by atoms with Crippen LogP contribution in [-0.2, 0) is 7.05 Å². The lowest BCUT2D eigenvalue weighted by Gasteiger charge is -2.11. The largest absolute Gasteiger partial charge is 0.353 e. The molecule has 0 saturated carbocycles. The molecule has 0 radical (unpaired) electrons. The number of imidazole rings is 1. The maximum absolute atomic E-state index is 9.47. The molecule has 9 heteroatoms. The first-order valence-electron chi connectivity index (χ1n) is 7.75. The molecule has 4 rings (SSSR count). The maximum atomic E-state index is 9.47. The molecule has 0 bridgehead atoms. The number of hydrogen-bond acceptors (Lipinski definition) is 6. The lowest BCUT2D eigenvalue weighted by Crippen LogP contribution is -1.95. The Labute approximate surface area is 182 Å². The van der Waals surface area contributed by atoms with Gasteiger partial charge in [0.1, 0.15) is 6.07 Å². The summed E-state index contributed by atoms with van der Waals surface area (Å²) >= 11 is 11.9. The van der Waals surface area contributed by atoms with Crippen LogP contribution in [0.3, 0.4) is 0 Å². The van der Waals surface area contributed by atoms with Gasteiger partial charge < -0.3 is 9.88 Å². The van der Waals surface area contributed by atoms with E-state index in [4.69, 9.17) is 11.6 Å². The second-order valence-corrected chi connectivity index (χ2v) is 9.98. The van der Waals surface area contributed by atoms with Gasteiger partial charge in [0.2, 0.25) is 0 Å². The van der Waals surface area contributed by atoms with Crippen LogP contribution >= 0.6 is 57.3 Å². The van der Waals surface area contributed by atoms with Crippen LogP contribution < -0.4 is 5.32 Å². The lowest BCUT2D eigenvalue weighted by molar-refractivity contribution is 0.790. The fraction of sp³-hybridized carbons (Fsp3) is 0.0556. The van der Waals surface area contributed by atoms with Crippen LogP contribution in [0.5, 0.6) is 0 Å². The van der Waals surface area contributed by atoms with Crippen LogP contribution in [0.1, 0.15) is 5.56 Å². The molecular weight excluding hydrogens is 513 g/mol. The van der Waals surface area contributed by atoms with E-state index in [1.807, 2.05) is 42.1 Å². The molecule has 0 aliphatic carbocycles. The van der Waals surface area contributed by atoms with Crippen molar-refractivity contribution in [3.8, 4) is 6.07 Å². The van der Waals surface area contributed by atoms with Gasteiger partial charge >= 0.3 is 0 Å². The third kappa shape index (κ3) is 3.78. The van der Waals surface area contributed by atoms with Gasteiger partial charge in [-0.2, -0.15) is 5.26 Å². The van der Waals surface area contributed by atoms with E-state index in [0.717, 1.165) is 34.5 Å². The van der Waals surface area contributed by atoms with E-state index in [0.29, 0.717) is 10.6 Å². The molecule has 0 fully saturated rings. The van der Waals surface area contributed by atoms with Crippen molar-refractivity contribution in [1.29, 1.82) is 5.26 Å². The van der Waals surface area contributed by atoms with E-state index in [-0.39, 0.29) is 0 Å². The molecule has 0 aliphatic heterocycles. The molecule has 0 saturated heterocycles. The average Bonchev–Trinajstić information content (AvgIpc) is 3.22. The van der Waals surface area contributed by atoms with Gasteiger partial charge in [0, 0.05) is 36.2 Å². The summed E-state index contributed by atoms with van der Waals surface area (Å²) in [6.45, 7) is 0. The van der Waals surface area contributed by atoms with Crippen LogP contribution in [0.15, 0.2) is 52.9 Å². The van der Waals surface area contributed by atoms with Crippen LogP contribution in [0.25, 0.3) is 10.2 Å². The molecule has 3 heterocycles. The quantitative estimate of drug-likeness (QED) is 0.330. The van der Waals surface area contributed by atoms with E-state index >= 15 is 0 Å². The molecule has 0 unspecified atom stereocenters. The van der Waals surface area contributed by atoms with Crippen LogP contribution in [0.4, 0.5) is 11.4 Å². The minimum Gasteiger partial charge on any atom is -0.353 e. The van der Waals surface area contributed by atoms with Crippen molar-refractivity contribution in [2.24, 2.45) is 7.05 Å². The van der Waals surface area contributed by atoms with Crippen molar-refractivity contribution in [3.63, 3.8) is 0 Å². The van der Waals surface area contributed by atoms with Crippen molar-refractivity contribution in [2.75, 3.05) is 5.32 Å². The fourth-order valence-electron chi connectivity index (χ4n) is 2.51. The van der Waals surface area contributed by atoms with Gasteiger partial charge in [-0.1, -0.05) is 23.4 Å². The number of nitrogens with zero attached hydrogens (tertiary/aromatic N) is 4. The highest BCUT2D eigenvalue weighted by molar-refractivity contribution is 14.1. The number of fused-ring (bicyclic) bond motifs is 1. The summed E-state index contributed by atoms with van der Waals surface area (Å²) in [6, 6.07) is 9.98. The number of nitrogens with one attached hydrogen (secondary N) is 1. The molecule has 1 aromatic carbocycles. The van der Waals surface area contributed by atoms with Gasteiger partial charge in [-0.15, -0.1) is 11.3 Å². The Morgan fingerprint density at radius 3 is 2.89 bits per heavy atom. The number of pyridine rings is 1. The molecule has 3 aromatic heterocycles. The van der Waals surface area contributed by atoms with Gasteiger partial charge in [-0.3, -0.25) is 4.98 Å². The molecule has 1 N–H and O–H groups in total. The van der Waals surface area contributed by atoms with E-state index < -0.39 is 0 Å². The molecule has 0 amide bonds. The molecular formula is C18H11ClIN5S2. The zero-order valence-corrected chi connectivity index (χ0v) is 18.4. The Morgan fingerprint density at radius 1 is 1.33 bits per heavy atom. The number of hydrogen-bond donors (Lipinski definition) is 1. The summed E-state index contributed by atoms with van der Waals surface area (Å²) in [5.74, 6) is 0. The van der Waals surface area contributed by atoms with Crippen molar-refractivity contribution in [1.82, 2.24) is 14.5 Å². The maximum Gasteiger partial charge on any atom is 0.172 e. The standard InChI is InChI=1S/C18H11ClIN5S2/c1-25-5-4-22-18(25)26-14-3-2-11(6-12(14)19)24-16-10(8-21)9-23-13-7-15(20)27-17(13)16/h2-7,9H,1H3,(H,23,24). The van der Waals surface area contributed by atoms with Crippen LogP contribution in [-0.4, -0.2) is 14.5 Å². The average molecular weight is 524 g/mol. The number of halogens is 2. The third-order valence-electron chi connectivity index (χ3n) is 3.81. The Bertz CT molecular complexity index is 1190. The zero-order valence-electron chi connectivity index (χ0n) is 13.9. The monoisotopic (exact) mass is 523 g/mol. The third-order valence-corrected chi connectivity index (χ3v) is 7.29. The summed E-state index contributed by atoms with van der Waals surface area (Å²) in [7, 11) is 1.94. The Kier molecular flexibility index (Phi) is 5.27.